The molecule has 2 amide bonds. The van der Waals surface area contributed by atoms with Crippen LogP contribution in [-0.2, 0) is 19.4 Å². The molecule has 1 aromatic carbocycles. The Kier molecular flexibility index (Phi) is 7.93. The topological polar surface area (TPSA) is 124 Å². The third kappa shape index (κ3) is 6.28. The maximum absolute atomic E-state index is 12.6. The minimum atomic E-state index is -3.24. The first-order valence-electron chi connectivity index (χ1n) is 10.5. The van der Waals surface area contributed by atoms with Crippen LogP contribution in [0.4, 0.5) is 10.5 Å². The fraction of sp³-hybridized carbons (Fsp3) is 0.571. The third-order valence-corrected chi connectivity index (χ3v) is 8.51. The van der Waals surface area contributed by atoms with Crippen molar-refractivity contribution in [3.63, 3.8) is 0 Å². The maximum Gasteiger partial charge on any atom is 0.407 e. The molecule has 2 aliphatic heterocycles. The summed E-state index contributed by atoms with van der Waals surface area (Å²) in [5.41, 5.74) is -0.157. The highest BCUT2D eigenvalue weighted by Crippen LogP contribution is 2.46. The van der Waals surface area contributed by atoms with Gasteiger partial charge in [-0.3, -0.25) is 4.79 Å². The van der Waals surface area contributed by atoms with Crippen molar-refractivity contribution in [2.24, 2.45) is 4.99 Å². The van der Waals surface area contributed by atoms with Gasteiger partial charge in [0.1, 0.15) is 17.1 Å². The summed E-state index contributed by atoms with van der Waals surface area (Å²) in [6.45, 7) is 5.28. The fourth-order valence-corrected chi connectivity index (χ4v) is 7.79. The molecule has 13 heteroatoms. The lowest BCUT2D eigenvalue weighted by Crippen LogP contribution is -2.38. The number of sulfone groups is 1. The molecule has 34 heavy (non-hydrogen) atoms. The van der Waals surface area contributed by atoms with Gasteiger partial charge in [0.15, 0.2) is 15.0 Å². The summed E-state index contributed by atoms with van der Waals surface area (Å²) in [6, 6.07) is 2.78. The Balaban J connectivity index is 1.84. The lowest BCUT2D eigenvalue weighted by atomic mass is 10.2. The summed E-state index contributed by atoms with van der Waals surface area (Å²) < 4.78 is 40.5. The summed E-state index contributed by atoms with van der Waals surface area (Å²) >= 11 is 7.57. The summed E-state index contributed by atoms with van der Waals surface area (Å²) in [5.74, 6) is 0.236. The monoisotopic (exact) mass is 533 g/mol. The van der Waals surface area contributed by atoms with E-state index in [1.165, 1.54) is 26.0 Å². The Morgan fingerprint density at radius 1 is 1.21 bits per heavy atom. The Hall–Kier alpha value is -2.18. The average Bonchev–Trinajstić information content (AvgIpc) is 3.16. The zero-order chi connectivity index (χ0) is 25.3. The molecule has 0 aromatic heterocycles. The minimum absolute atomic E-state index is 0.0154. The Morgan fingerprint density at radius 3 is 2.50 bits per heavy atom. The van der Waals surface area contributed by atoms with Crippen LogP contribution in [0.15, 0.2) is 17.1 Å². The van der Waals surface area contributed by atoms with Crippen LogP contribution in [0, 0.1) is 0 Å². The largest absolute Gasteiger partial charge is 0.495 e. The normalized spacial score (nSPS) is 22.4. The highest BCUT2D eigenvalue weighted by Gasteiger charge is 2.50. The van der Waals surface area contributed by atoms with E-state index in [9.17, 15) is 18.0 Å². The number of amidine groups is 1. The van der Waals surface area contributed by atoms with Gasteiger partial charge in [-0.15, -0.1) is 0 Å². The molecule has 0 saturated carbocycles. The first-order valence-corrected chi connectivity index (χ1v) is 13.6. The highest BCUT2D eigenvalue weighted by molar-refractivity contribution is 8.16. The number of aliphatic imine (C=N–C) groups is 1. The zero-order valence-corrected chi connectivity index (χ0v) is 22.0. The molecule has 2 atom stereocenters. The lowest BCUT2D eigenvalue weighted by Gasteiger charge is -2.27. The molecular formula is C21H28ClN3O7S2. The molecule has 0 unspecified atom stereocenters. The number of anilines is 1. The van der Waals surface area contributed by atoms with Crippen molar-refractivity contribution in [3.05, 3.63) is 17.2 Å². The molecule has 188 valence electrons. The number of fused-ring (bicyclic) bond motifs is 1. The number of nitrogens with zero attached hydrogens (tertiary/aromatic N) is 2. The Bertz CT molecular complexity index is 1100. The van der Waals surface area contributed by atoms with Crippen molar-refractivity contribution in [3.8, 4) is 11.5 Å². The predicted molar refractivity (Wildman–Crippen MR) is 132 cm³/mol. The van der Waals surface area contributed by atoms with Gasteiger partial charge < -0.3 is 24.4 Å². The molecule has 0 aliphatic carbocycles. The SMILES string of the molecule is COc1cc(OC)c(N2C(=NC(=O)CCNC(=O)OC(C)(C)C)S[C@@H]3CS(=O)(=O)C[C@@H]32)cc1Cl. The van der Waals surface area contributed by atoms with Crippen molar-refractivity contribution in [2.45, 2.75) is 44.1 Å². The average molecular weight is 534 g/mol. The van der Waals surface area contributed by atoms with Gasteiger partial charge >= 0.3 is 6.09 Å². The van der Waals surface area contributed by atoms with Gasteiger partial charge in [-0.05, 0) is 26.8 Å². The number of ether oxygens (including phenoxy) is 3. The van der Waals surface area contributed by atoms with Gasteiger partial charge in [-0.25, -0.2) is 13.2 Å². The molecule has 1 N–H and O–H groups in total. The van der Waals surface area contributed by atoms with Crippen molar-refractivity contribution >= 4 is 56.1 Å². The van der Waals surface area contributed by atoms with Gasteiger partial charge in [0.2, 0.25) is 5.91 Å². The fourth-order valence-electron chi connectivity index (χ4n) is 3.63. The summed E-state index contributed by atoms with van der Waals surface area (Å²) in [7, 11) is -0.292. The predicted octanol–water partition coefficient (Wildman–Crippen LogP) is 2.87. The van der Waals surface area contributed by atoms with E-state index >= 15 is 0 Å². The second-order valence-electron chi connectivity index (χ2n) is 8.80. The molecule has 0 bridgehead atoms. The molecule has 1 aromatic rings. The van der Waals surface area contributed by atoms with Crippen LogP contribution < -0.4 is 19.7 Å². The summed E-state index contributed by atoms with van der Waals surface area (Å²) in [5, 5.41) is 2.89. The molecule has 10 nitrogen and oxygen atoms in total. The number of methoxy groups -OCH3 is 2. The lowest BCUT2D eigenvalue weighted by molar-refractivity contribution is -0.117. The molecule has 2 heterocycles. The number of thioether (sulfide) groups is 1. The highest BCUT2D eigenvalue weighted by atomic mass is 35.5. The number of carbonyl (C=O) groups is 2. The van der Waals surface area contributed by atoms with Crippen LogP contribution in [0.1, 0.15) is 27.2 Å². The standard InChI is InChI=1S/C21H28ClN3O7S2/c1-21(2,3)32-20(27)23-7-6-18(26)24-19-25(14-10-34(28,29)11-17(14)33-19)13-8-12(22)15(30-4)9-16(13)31-5/h8-9,14,17H,6-7,10-11H2,1-5H3,(H,23,27)/t14-,17+/m0/s1. The summed E-state index contributed by atoms with van der Waals surface area (Å²) in [4.78, 5) is 30.3. The molecule has 3 rings (SSSR count). The van der Waals surface area contributed by atoms with Crippen molar-refractivity contribution in [1.29, 1.82) is 0 Å². The number of carbonyl (C=O) groups excluding carboxylic acids is 2. The van der Waals surface area contributed by atoms with E-state index < -0.39 is 33.5 Å². The smallest absolute Gasteiger partial charge is 0.407 e. The molecule has 2 aliphatic rings. The van der Waals surface area contributed by atoms with Crippen molar-refractivity contribution in [2.75, 3.05) is 37.2 Å². The van der Waals surface area contributed by atoms with E-state index in [-0.39, 0.29) is 29.7 Å². The molecule has 0 spiro atoms. The van der Waals surface area contributed by atoms with E-state index in [0.29, 0.717) is 27.4 Å². The minimum Gasteiger partial charge on any atom is -0.495 e. The van der Waals surface area contributed by atoms with E-state index in [1.54, 1.807) is 37.8 Å². The molecule has 2 saturated heterocycles. The van der Waals surface area contributed by atoms with Gasteiger partial charge in [0.25, 0.3) is 0 Å². The number of alkyl carbamates (subject to hydrolysis) is 1. The van der Waals surface area contributed by atoms with Gasteiger partial charge in [-0.1, -0.05) is 23.4 Å². The number of halogens is 1. The van der Waals surface area contributed by atoms with Crippen molar-refractivity contribution < 1.29 is 32.2 Å². The van der Waals surface area contributed by atoms with Gasteiger partial charge in [-0.2, -0.15) is 4.99 Å². The van der Waals surface area contributed by atoms with E-state index in [1.807, 2.05) is 0 Å². The number of benzene rings is 1. The third-order valence-electron chi connectivity index (χ3n) is 5.01. The number of rotatable bonds is 6. The van der Waals surface area contributed by atoms with E-state index in [4.69, 9.17) is 25.8 Å². The quantitative estimate of drug-likeness (QED) is 0.587. The summed E-state index contributed by atoms with van der Waals surface area (Å²) in [6.07, 6.45) is -0.673. The Labute approximate surface area is 208 Å². The number of amides is 2. The second kappa shape index (κ2) is 10.2. The van der Waals surface area contributed by atoms with E-state index in [0.717, 1.165) is 0 Å². The van der Waals surface area contributed by atoms with Crippen LogP contribution in [0.5, 0.6) is 11.5 Å². The molecule has 0 radical (unpaired) electrons. The number of hydrogen-bond donors (Lipinski definition) is 1. The van der Waals surface area contributed by atoms with Crippen molar-refractivity contribution in [1.82, 2.24) is 5.32 Å². The van der Waals surface area contributed by atoms with Crippen LogP contribution >= 0.6 is 23.4 Å². The maximum atomic E-state index is 12.6. The van der Waals surface area contributed by atoms with Crippen LogP contribution in [-0.4, -0.2) is 74.7 Å². The zero-order valence-electron chi connectivity index (χ0n) is 19.6. The van der Waals surface area contributed by atoms with Crippen LogP contribution in [0.25, 0.3) is 0 Å². The first-order chi connectivity index (χ1) is 15.8. The van der Waals surface area contributed by atoms with Crippen LogP contribution in [0.2, 0.25) is 5.02 Å². The van der Waals surface area contributed by atoms with Crippen LogP contribution in [0.3, 0.4) is 0 Å². The first kappa shape index (κ1) is 26.4. The van der Waals surface area contributed by atoms with E-state index in [2.05, 4.69) is 10.3 Å². The number of nitrogens with one attached hydrogen (secondary N) is 1. The molecular weight excluding hydrogens is 506 g/mol. The van der Waals surface area contributed by atoms with Gasteiger partial charge in [0, 0.05) is 24.3 Å². The second-order valence-corrected chi connectivity index (χ2v) is 12.6. The Morgan fingerprint density at radius 2 is 1.88 bits per heavy atom. The van der Waals surface area contributed by atoms with Gasteiger partial charge in [0.05, 0.1) is 42.5 Å². The molecule has 2 fully saturated rings. The number of hydrogen-bond acceptors (Lipinski definition) is 8.